The first-order valence-electron chi connectivity index (χ1n) is 6.84. The molecule has 1 aromatic rings. The summed E-state index contributed by atoms with van der Waals surface area (Å²) in [6, 6.07) is 6.39. The summed E-state index contributed by atoms with van der Waals surface area (Å²) in [4.78, 5) is 14.1. The summed E-state index contributed by atoms with van der Waals surface area (Å²) in [5.74, 6) is 0.0819. The Morgan fingerprint density at radius 2 is 2.21 bits per heavy atom. The Kier molecular flexibility index (Phi) is 3.07. The van der Waals surface area contributed by atoms with Crippen LogP contribution >= 0.6 is 0 Å². The van der Waals surface area contributed by atoms with Gasteiger partial charge in [-0.3, -0.25) is 10.1 Å². The number of rotatable bonds is 1. The van der Waals surface area contributed by atoms with E-state index in [1.165, 1.54) is 11.1 Å². The standard InChI is InChI=1S/C15H20N2O2/c1-11-4-5-13(12(2)8-11)15-10-19-9-14(18)17(15)7-3-6-16-15/h4-5,8,16H,3,6-7,9-10H2,1-2H3. The maximum atomic E-state index is 12.1. The van der Waals surface area contributed by atoms with Gasteiger partial charge >= 0.3 is 0 Å². The van der Waals surface area contributed by atoms with Gasteiger partial charge in [0.1, 0.15) is 12.3 Å². The molecule has 4 nitrogen and oxygen atoms in total. The molecule has 19 heavy (non-hydrogen) atoms. The zero-order chi connectivity index (χ0) is 13.5. The van der Waals surface area contributed by atoms with E-state index < -0.39 is 5.66 Å². The van der Waals surface area contributed by atoms with Gasteiger partial charge in [-0.15, -0.1) is 0 Å². The summed E-state index contributed by atoms with van der Waals surface area (Å²) in [6.07, 6.45) is 0.998. The molecule has 1 N–H and O–H groups in total. The van der Waals surface area contributed by atoms with Crippen LogP contribution in [0, 0.1) is 13.8 Å². The summed E-state index contributed by atoms with van der Waals surface area (Å²) in [5.41, 5.74) is 3.14. The number of nitrogens with one attached hydrogen (secondary N) is 1. The fourth-order valence-electron chi connectivity index (χ4n) is 3.25. The number of amides is 1. The van der Waals surface area contributed by atoms with Crippen molar-refractivity contribution in [2.24, 2.45) is 0 Å². The van der Waals surface area contributed by atoms with Gasteiger partial charge in [-0.2, -0.15) is 0 Å². The van der Waals surface area contributed by atoms with E-state index in [-0.39, 0.29) is 12.5 Å². The average molecular weight is 260 g/mol. The van der Waals surface area contributed by atoms with Crippen LogP contribution in [0.3, 0.4) is 0 Å². The number of hydrogen-bond acceptors (Lipinski definition) is 3. The van der Waals surface area contributed by atoms with Gasteiger partial charge in [0, 0.05) is 6.54 Å². The van der Waals surface area contributed by atoms with E-state index in [4.69, 9.17) is 4.74 Å². The third-order valence-electron chi connectivity index (χ3n) is 4.10. The minimum absolute atomic E-state index is 0.0819. The average Bonchev–Trinajstić information content (AvgIpc) is 2.39. The van der Waals surface area contributed by atoms with Crippen LogP contribution in [-0.2, 0) is 15.2 Å². The van der Waals surface area contributed by atoms with Gasteiger partial charge in [-0.25, -0.2) is 0 Å². The molecular formula is C15H20N2O2. The molecule has 3 rings (SSSR count). The van der Waals surface area contributed by atoms with Crippen molar-refractivity contribution in [2.75, 3.05) is 26.3 Å². The Balaban J connectivity index is 2.09. The predicted octanol–water partition coefficient (Wildman–Crippen LogP) is 1.31. The number of ether oxygens (including phenoxy) is 1. The summed E-state index contributed by atoms with van der Waals surface area (Å²) in [7, 11) is 0. The fourth-order valence-corrected chi connectivity index (χ4v) is 3.25. The van der Waals surface area contributed by atoms with Crippen molar-refractivity contribution in [2.45, 2.75) is 25.9 Å². The Labute approximate surface area is 113 Å². The van der Waals surface area contributed by atoms with Gasteiger partial charge < -0.3 is 9.64 Å². The SMILES string of the molecule is Cc1ccc(C23COCC(=O)N2CCCN3)c(C)c1. The fraction of sp³-hybridized carbons (Fsp3) is 0.533. The van der Waals surface area contributed by atoms with Gasteiger partial charge in [0.25, 0.3) is 0 Å². The van der Waals surface area contributed by atoms with Crippen LogP contribution in [0.4, 0.5) is 0 Å². The molecule has 2 heterocycles. The second-order valence-corrected chi connectivity index (χ2v) is 5.50. The van der Waals surface area contributed by atoms with Crippen molar-refractivity contribution >= 4 is 5.91 Å². The molecule has 2 aliphatic heterocycles. The number of hydrogen-bond donors (Lipinski definition) is 1. The molecule has 2 saturated heterocycles. The Morgan fingerprint density at radius 1 is 1.37 bits per heavy atom. The van der Waals surface area contributed by atoms with Gasteiger partial charge in [0.05, 0.1) is 6.61 Å². The van der Waals surface area contributed by atoms with Crippen molar-refractivity contribution in [1.29, 1.82) is 0 Å². The molecule has 102 valence electrons. The number of aryl methyl sites for hydroxylation is 2. The minimum Gasteiger partial charge on any atom is -0.367 e. The summed E-state index contributed by atoms with van der Waals surface area (Å²) in [6.45, 7) is 6.65. The van der Waals surface area contributed by atoms with Crippen molar-refractivity contribution in [3.05, 3.63) is 34.9 Å². The molecule has 2 fully saturated rings. The molecule has 1 unspecified atom stereocenters. The third kappa shape index (κ3) is 1.95. The maximum absolute atomic E-state index is 12.1. The molecule has 0 spiro atoms. The first-order chi connectivity index (χ1) is 9.13. The van der Waals surface area contributed by atoms with E-state index in [1.54, 1.807) is 0 Å². The normalized spacial score (nSPS) is 27.3. The molecule has 0 aliphatic carbocycles. The van der Waals surface area contributed by atoms with Crippen LogP contribution in [-0.4, -0.2) is 37.1 Å². The van der Waals surface area contributed by atoms with Crippen LogP contribution < -0.4 is 5.32 Å². The minimum atomic E-state index is -0.467. The number of benzene rings is 1. The summed E-state index contributed by atoms with van der Waals surface area (Å²) in [5, 5.41) is 3.52. The Bertz CT molecular complexity index is 511. The summed E-state index contributed by atoms with van der Waals surface area (Å²) < 4.78 is 5.54. The largest absolute Gasteiger partial charge is 0.367 e. The second kappa shape index (κ2) is 4.62. The highest BCUT2D eigenvalue weighted by atomic mass is 16.5. The lowest BCUT2D eigenvalue weighted by Gasteiger charge is -2.50. The van der Waals surface area contributed by atoms with Crippen LogP contribution in [0.15, 0.2) is 18.2 Å². The molecule has 2 aliphatic rings. The third-order valence-corrected chi connectivity index (χ3v) is 4.10. The molecule has 0 saturated carbocycles. The van der Waals surface area contributed by atoms with Crippen LogP contribution in [0.2, 0.25) is 0 Å². The van der Waals surface area contributed by atoms with Crippen molar-refractivity contribution in [1.82, 2.24) is 10.2 Å². The number of carbonyl (C=O) groups is 1. The predicted molar refractivity (Wildman–Crippen MR) is 72.7 cm³/mol. The highest BCUT2D eigenvalue weighted by Crippen LogP contribution is 2.34. The van der Waals surface area contributed by atoms with Crippen LogP contribution in [0.25, 0.3) is 0 Å². The maximum Gasteiger partial charge on any atom is 0.250 e. The first kappa shape index (κ1) is 12.6. The van der Waals surface area contributed by atoms with E-state index in [2.05, 4.69) is 37.4 Å². The van der Waals surface area contributed by atoms with Crippen molar-refractivity contribution in [3.63, 3.8) is 0 Å². The van der Waals surface area contributed by atoms with E-state index in [9.17, 15) is 4.79 Å². The zero-order valence-corrected chi connectivity index (χ0v) is 11.5. The number of carbonyl (C=O) groups excluding carboxylic acids is 1. The number of morpholine rings is 1. The van der Waals surface area contributed by atoms with Gasteiger partial charge in [0.2, 0.25) is 5.91 Å². The zero-order valence-electron chi connectivity index (χ0n) is 11.5. The van der Waals surface area contributed by atoms with E-state index >= 15 is 0 Å². The molecule has 1 aromatic carbocycles. The van der Waals surface area contributed by atoms with Crippen LogP contribution in [0.1, 0.15) is 23.1 Å². The van der Waals surface area contributed by atoms with Gasteiger partial charge in [-0.05, 0) is 37.9 Å². The Hall–Kier alpha value is -1.39. The Morgan fingerprint density at radius 3 is 3.00 bits per heavy atom. The van der Waals surface area contributed by atoms with Crippen LogP contribution in [0.5, 0.6) is 0 Å². The van der Waals surface area contributed by atoms with Gasteiger partial charge in [0.15, 0.2) is 0 Å². The lowest BCUT2D eigenvalue weighted by molar-refractivity contribution is -0.167. The van der Waals surface area contributed by atoms with E-state index in [0.29, 0.717) is 6.61 Å². The van der Waals surface area contributed by atoms with E-state index in [0.717, 1.165) is 25.1 Å². The molecule has 4 heteroatoms. The van der Waals surface area contributed by atoms with Crippen molar-refractivity contribution in [3.8, 4) is 0 Å². The molecule has 0 aromatic heterocycles. The number of nitrogens with zero attached hydrogens (tertiary/aromatic N) is 1. The lowest BCUT2D eigenvalue weighted by atomic mass is 9.89. The molecular weight excluding hydrogens is 240 g/mol. The number of fused-ring (bicyclic) bond motifs is 1. The molecule has 0 radical (unpaired) electrons. The smallest absolute Gasteiger partial charge is 0.250 e. The second-order valence-electron chi connectivity index (χ2n) is 5.50. The molecule has 1 amide bonds. The highest BCUT2D eigenvalue weighted by molar-refractivity contribution is 5.79. The monoisotopic (exact) mass is 260 g/mol. The first-order valence-corrected chi connectivity index (χ1v) is 6.84. The van der Waals surface area contributed by atoms with Gasteiger partial charge in [-0.1, -0.05) is 23.8 Å². The highest BCUT2D eigenvalue weighted by Gasteiger charge is 2.46. The quantitative estimate of drug-likeness (QED) is 0.827. The van der Waals surface area contributed by atoms with Crippen molar-refractivity contribution < 1.29 is 9.53 Å². The van der Waals surface area contributed by atoms with E-state index in [1.807, 2.05) is 4.90 Å². The molecule has 0 bridgehead atoms. The molecule has 1 atom stereocenters. The lowest BCUT2D eigenvalue weighted by Crippen LogP contribution is -2.67. The summed E-state index contributed by atoms with van der Waals surface area (Å²) >= 11 is 0. The topological polar surface area (TPSA) is 41.6 Å².